The van der Waals surface area contributed by atoms with Crippen LogP contribution in [0, 0.1) is 0 Å². The molecule has 0 spiro atoms. The summed E-state index contributed by atoms with van der Waals surface area (Å²) in [5, 5.41) is 18.8. The number of carbonyl (C=O) groups excluding carboxylic acids is 1. The minimum absolute atomic E-state index is 0.0955. The van der Waals surface area contributed by atoms with E-state index in [1.165, 1.54) is 21.1 Å². The third-order valence-electron chi connectivity index (χ3n) is 3.79. The Morgan fingerprint density at radius 2 is 2.14 bits per heavy atom. The largest absolute Gasteiger partial charge is 0.480 e. The number of amides is 1. The second kappa shape index (κ2) is 6.58. The summed E-state index contributed by atoms with van der Waals surface area (Å²) >= 11 is 1.45. The molecular weight excluding hydrogens is 290 g/mol. The van der Waals surface area contributed by atoms with Crippen LogP contribution in [-0.2, 0) is 17.6 Å². The zero-order chi connectivity index (χ0) is 15.6. The van der Waals surface area contributed by atoms with Gasteiger partial charge in [-0.05, 0) is 24.5 Å². The fourth-order valence-corrected chi connectivity index (χ4v) is 4.04. The Hall–Kier alpha value is -1.40. The van der Waals surface area contributed by atoms with E-state index in [1.807, 2.05) is 6.07 Å². The predicted octanol–water partition coefficient (Wildman–Crippen LogP) is 1.92. The maximum absolute atomic E-state index is 12.6. The average Bonchev–Trinajstić information content (AvgIpc) is 3.02. The molecule has 1 aliphatic heterocycles. The van der Waals surface area contributed by atoms with Gasteiger partial charge in [0.15, 0.2) is 0 Å². The zero-order valence-electron chi connectivity index (χ0n) is 12.3. The average molecular weight is 311 g/mol. The van der Waals surface area contributed by atoms with E-state index < -0.39 is 18.1 Å². The molecule has 0 bridgehead atoms. The summed E-state index contributed by atoms with van der Waals surface area (Å²) in [6.07, 6.45) is 2.17. The maximum Gasteiger partial charge on any atom is 0.326 e. The van der Waals surface area contributed by atoms with Gasteiger partial charge in [0, 0.05) is 17.8 Å². The van der Waals surface area contributed by atoms with Crippen LogP contribution in [-0.4, -0.2) is 45.7 Å². The molecule has 6 heteroatoms. The normalized spacial score (nSPS) is 21.8. The molecule has 5 nitrogen and oxygen atoms in total. The van der Waals surface area contributed by atoms with Crippen molar-refractivity contribution >= 4 is 23.2 Å². The number of aliphatic hydroxyl groups excluding tert-OH is 1. The first-order chi connectivity index (χ1) is 9.97. The molecule has 0 saturated carbocycles. The molecule has 1 aromatic heterocycles. The van der Waals surface area contributed by atoms with Crippen LogP contribution in [0.1, 0.15) is 46.8 Å². The molecule has 116 valence electrons. The van der Waals surface area contributed by atoms with Crippen molar-refractivity contribution in [2.75, 3.05) is 6.54 Å². The summed E-state index contributed by atoms with van der Waals surface area (Å²) in [6.45, 7) is 4.24. The first kappa shape index (κ1) is 16.0. The number of hydrogen-bond acceptors (Lipinski definition) is 4. The lowest BCUT2D eigenvalue weighted by molar-refractivity contribution is -0.141. The van der Waals surface area contributed by atoms with Gasteiger partial charge in [0.2, 0.25) is 0 Å². The van der Waals surface area contributed by atoms with Crippen LogP contribution in [0.2, 0.25) is 0 Å². The molecule has 21 heavy (non-hydrogen) atoms. The molecule has 0 aromatic carbocycles. The molecule has 1 fully saturated rings. The molecule has 2 atom stereocenters. The van der Waals surface area contributed by atoms with Crippen LogP contribution in [0.15, 0.2) is 6.07 Å². The van der Waals surface area contributed by atoms with E-state index in [9.17, 15) is 19.8 Å². The Labute approximate surface area is 128 Å². The summed E-state index contributed by atoms with van der Waals surface area (Å²) in [5.41, 5.74) is 1.16. The summed E-state index contributed by atoms with van der Waals surface area (Å²) in [6, 6.07) is 0.955. The summed E-state index contributed by atoms with van der Waals surface area (Å²) < 4.78 is 0. The van der Waals surface area contributed by atoms with Crippen molar-refractivity contribution in [1.82, 2.24) is 4.90 Å². The second-order valence-corrected chi connectivity index (χ2v) is 6.50. The zero-order valence-corrected chi connectivity index (χ0v) is 13.2. The third kappa shape index (κ3) is 3.27. The second-order valence-electron chi connectivity index (χ2n) is 5.36. The number of hydrogen-bond donors (Lipinski definition) is 2. The molecule has 1 aromatic rings. The first-order valence-corrected chi connectivity index (χ1v) is 8.12. The van der Waals surface area contributed by atoms with Gasteiger partial charge in [0.1, 0.15) is 6.04 Å². The number of carbonyl (C=O) groups is 2. The number of rotatable bonds is 5. The van der Waals surface area contributed by atoms with Crippen LogP contribution < -0.4 is 0 Å². The van der Waals surface area contributed by atoms with E-state index in [2.05, 4.69) is 13.8 Å². The number of aliphatic carboxylic acids is 1. The van der Waals surface area contributed by atoms with Gasteiger partial charge in [0.05, 0.1) is 11.0 Å². The molecule has 2 rings (SSSR count). The monoisotopic (exact) mass is 311 g/mol. The summed E-state index contributed by atoms with van der Waals surface area (Å²) in [7, 11) is 0. The Kier molecular flexibility index (Phi) is 5.00. The van der Waals surface area contributed by atoms with Crippen molar-refractivity contribution in [1.29, 1.82) is 0 Å². The Morgan fingerprint density at radius 3 is 2.71 bits per heavy atom. The fourth-order valence-electron chi connectivity index (χ4n) is 2.72. The molecule has 0 aliphatic carbocycles. The number of nitrogens with zero attached hydrogens (tertiary/aromatic N) is 1. The highest BCUT2D eigenvalue weighted by Crippen LogP contribution is 2.28. The number of carboxylic acids is 1. The van der Waals surface area contributed by atoms with Gasteiger partial charge in [-0.1, -0.05) is 20.3 Å². The Balaban J connectivity index is 2.25. The number of aryl methyl sites for hydroxylation is 2. The predicted molar refractivity (Wildman–Crippen MR) is 80.8 cm³/mol. The lowest BCUT2D eigenvalue weighted by Gasteiger charge is -2.20. The maximum atomic E-state index is 12.6. The highest BCUT2D eigenvalue weighted by molar-refractivity contribution is 7.14. The molecule has 1 saturated heterocycles. The number of β-amino-alcohol motifs (C(OH)–C–C–N with tert-alkyl or cyclic N) is 1. The van der Waals surface area contributed by atoms with Crippen LogP contribution in [0.5, 0.6) is 0 Å². The lowest BCUT2D eigenvalue weighted by atomic mass is 10.1. The van der Waals surface area contributed by atoms with Crippen LogP contribution >= 0.6 is 11.3 Å². The van der Waals surface area contributed by atoms with E-state index in [0.29, 0.717) is 4.88 Å². The van der Waals surface area contributed by atoms with E-state index in [0.717, 1.165) is 24.8 Å². The summed E-state index contributed by atoms with van der Waals surface area (Å²) in [4.78, 5) is 26.8. The lowest BCUT2D eigenvalue weighted by Crippen LogP contribution is -2.40. The SMILES string of the molecule is CCCc1sc(C(=O)N2C[C@H](O)C[C@@H]2C(=O)O)cc1CC. The Morgan fingerprint density at radius 1 is 1.43 bits per heavy atom. The number of carboxylic acid groups (broad SMARTS) is 1. The summed E-state index contributed by atoms with van der Waals surface area (Å²) in [5.74, 6) is -1.33. The van der Waals surface area contributed by atoms with Gasteiger partial charge in [0.25, 0.3) is 5.91 Å². The topological polar surface area (TPSA) is 77.8 Å². The smallest absolute Gasteiger partial charge is 0.326 e. The van der Waals surface area contributed by atoms with Crippen LogP contribution in [0.25, 0.3) is 0 Å². The van der Waals surface area contributed by atoms with Gasteiger partial charge in [-0.2, -0.15) is 0 Å². The highest BCUT2D eigenvalue weighted by atomic mass is 32.1. The van der Waals surface area contributed by atoms with Crippen LogP contribution in [0.4, 0.5) is 0 Å². The van der Waals surface area contributed by atoms with Crippen molar-refractivity contribution < 1.29 is 19.8 Å². The molecule has 1 aliphatic rings. The quantitative estimate of drug-likeness (QED) is 0.871. The van der Waals surface area contributed by atoms with Crippen LogP contribution in [0.3, 0.4) is 0 Å². The number of thiophene rings is 1. The molecule has 0 radical (unpaired) electrons. The van der Waals surface area contributed by atoms with E-state index in [4.69, 9.17) is 0 Å². The van der Waals surface area contributed by atoms with Gasteiger partial charge < -0.3 is 15.1 Å². The van der Waals surface area contributed by atoms with Gasteiger partial charge in [-0.25, -0.2) is 4.79 Å². The number of likely N-dealkylation sites (tertiary alicyclic amines) is 1. The van der Waals surface area contributed by atoms with Crippen molar-refractivity contribution in [2.45, 2.75) is 51.7 Å². The van der Waals surface area contributed by atoms with E-state index >= 15 is 0 Å². The van der Waals surface area contributed by atoms with Gasteiger partial charge in [-0.3, -0.25) is 4.79 Å². The minimum atomic E-state index is -1.05. The Bertz CT molecular complexity index is 540. The molecule has 2 N–H and O–H groups in total. The van der Waals surface area contributed by atoms with E-state index in [1.54, 1.807) is 0 Å². The van der Waals surface area contributed by atoms with Crippen molar-refractivity contribution in [3.05, 3.63) is 21.4 Å². The third-order valence-corrected chi connectivity index (χ3v) is 5.02. The minimum Gasteiger partial charge on any atom is -0.480 e. The fraction of sp³-hybridized carbons (Fsp3) is 0.600. The molecule has 0 unspecified atom stereocenters. The molecular formula is C15H21NO4S. The standard InChI is InChI=1S/C15H21NO4S/c1-3-5-12-9(4-2)6-13(21-12)14(18)16-8-10(17)7-11(16)15(19)20/h6,10-11,17H,3-5,7-8H2,1-2H3,(H,19,20)/t10-,11-/m1/s1. The molecule has 1 amide bonds. The van der Waals surface area contributed by atoms with Crippen molar-refractivity contribution in [2.24, 2.45) is 0 Å². The van der Waals surface area contributed by atoms with Crippen molar-refractivity contribution in [3.63, 3.8) is 0 Å². The highest BCUT2D eigenvalue weighted by Gasteiger charge is 2.39. The van der Waals surface area contributed by atoms with Crippen molar-refractivity contribution in [3.8, 4) is 0 Å². The molecule has 2 heterocycles. The van der Waals surface area contributed by atoms with Gasteiger partial charge in [-0.15, -0.1) is 11.3 Å². The van der Waals surface area contributed by atoms with E-state index in [-0.39, 0.29) is 18.9 Å². The first-order valence-electron chi connectivity index (χ1n) is 7.31. The number of aliphatic hydroxyl groups is 1. The van der Waals surface area contributed by atoms with Gasteiger partial charge >= 0.3 is 5.97 Å².